The van der Waals surface area contributed by atoms with Gasteiger partial charge < -0.3 is 15.6 Å². The van der Waals surface area contributed by atoms with Crippen LogP contribution in [0.3, 0.4) is 0 Å². The van der Waals surface area contributed by atoms with E-state index in [1.54, 1.807) is 0 Å². The monoisotopic (exact) mass is 215 g/mol. The van der Waals surface area contributed by atoms with Crippen molar-refractivity contribution in [3.8, 4) is 0 Å². The Morgan fingerprint density at radius 3 is 2.67 bits per heavy atom. The van der Waals surface area contributed by atoms with Crippen molar-refractivity contribution in [3.05, 3.63) is 0 Å². The molecule has 0 bridgehead atoms. The number of aliphatic hydroxyl groups excluding tert-OH is 1. The number of carbonyl (C=O) groups is 1. The van der Waals surface area contributed by atoms with Gasteiger partial charge in [0.1, 0.15) is 12.1 Å². The second-order valence-electron chi connectivity index (χ2n) is 4.62. The Bertz CT molecular complexity index is 220. The molecule has 1 aliphatic carbocycles. The van der Waals surface area contributed by atoms with Crippen molar-refractivity contribution in [1.29, 1.82) is 0 Å². The molecule has 1 aliphatic rings. The van der Waals surface area contributed by atoms with Gasteiger partial charge in [0, 0.05) is 0 Å². The van der Waals surface area contributed by atoms with E-state index >= 15 is 0 Å². The third-order valence-corrected chi connectivity index (χ3v) is 3.33. The molecule has 0 heterocycles. The highest BCUT2D eigenvalue weighted by atomic mass is 16.5. The highest BCUT2D eigenvalue weighted by Gasteiger charge is 2.28. The van der Waals surface area contributed by atoms with E-state index in [0.29, 0.717) is 11.8 Å². The van der Waals surface area contributed by atoms with Crippen LogP contribution in [0.5, 0.6) is 0 Å². The lowest BCUT2D eigenvalue weighted by Gasteiger charge is -2.32. The van der Waals surface area contributed by atoms with E-state index < -0.39 is 12.0 Å². The summed E-state index contributed by atoms with van der Waals surface area (Å²) >= 11 is 0. The lowest BCUT2D eigenvalue weighted by molar-refractivity contribution is -0.154. The lowest BCUT2D eigenvalue weighted by Crippen LogP contribution is -2.39. The van der Waals surface area contributed by atoms with Gasteiger partial charge in [0.2, 0.25) is 0 Å². The Balaban J connectivity index is 2.36. The molecule has 0 aromatic rings. The first-order valence-corrected chi connectivity index (χ1v) is 5.61. The van der Waals surface area contributed by atoms with Crippen molar-refractivity contribution in [3.63, 3.8) is 0 Å². The molecule has 0 spiro atoms. The third kappa shape index (κ3) is 3.47. The van der Waals surface area contributed by atoms with Crippen LogP contribution in [-0.2, 0) is 9.53 Å². The fourth-order valence-corrected chi connectivity index (χ4v) is 1.93. The Kier molecular flexibility index (Phi) is 4.54. The number of carbonyl (C=O) groups excluding carboxylic acids is 1. The Labute approximate surface area is 90.8 Å². The highest BCUT2D eigenvalue weighted by Crippen LogP contribution is 2.30. The minimum absolute atomic E-state index is 0.0127. The van der Waals surface area contributed by atoms with Crippen molar-refractivity contribution in [2.45, 2.75) is 45.3 Å². The number of nitrogens with two attached hydrogens (primary N) is 1. The average molecular weight is 215 g/mol. The number of rotatable bonds is 3. The van der Waals surface area contributed by atoms with Crippen molar-refractivity contribution in [2.75, 3.05) is 6.61 Å². The molecule has 4 heteroatoms. The molecule has 1 rings (SSSR count). The van der Waals surface area contributed by atoms with Crippen LogP contribution in [0.15, 0.2) is 0 Å². The fourth-order valence-electron chi connectivity index (χ4n) is 1.93. The molecule has 88 valence electrons. The maximum Gasteiger partial charge on any atom is 0.325 e. The summed E-state index contributed by atoms with van der Waals surface area (Å²) in [5.41, 5.74) is 5.37. The zero-order valence-corrected chi connectivity index (χ0v) is 9.48. The van der Waals surface area contributed by atoms with Gasteiger partial charge in [-0.1, -0.05) is 13.8 Å². The van der Waals surface area contributed by atoms with Crippen LogP contribution in [0, 0.1) is 11.8 Å². The summed E-state index contributed by atoms with van der Waals surface area (Å²) in [5, 5.41) is 8.70. The zero-order chi connectivity index (χ0) is 11.4. The van der Waals surface area contributed by atoms with E-state index in [1.165, 1.54) is 0 Å². The Hall–Kier alpha value is -0.610. The molecule has 0 aromatic heterocycles. The summed E-state index contributed by atoms with van der Waals surface area (Å²) < 4.78 is 5.24. The molecule has 3 N–H and O–H groups in total. The summed E-state index contributed by atoms with van der Waals surface area (Å²) in [6, 6.07) is -0.889. The van der Waals surface area contributed by atoms with E-state index in [2.05, 4.69) is 13.8 Å². The molecule has 0 aromatic carbocycles. The zero-order valence-electron chi connectivity index (χ0n) is 9.48. The van der Waals surface area contributed by atoms with E-state index in [1.807, 2.05) is 0 Å². The standard InChI is InChI=1S/C11H21NO3/c1-7-3-4-9(5-8(7)2)15-11(14)10(12)6-13/h7-10,13H,3-6,12H2,1-2H3/t7?,8?,9?,10-/m0/s1. The maximum absolute atomic E-state index is 11.3. The maximum atomic E-state index is 11.3. The second-order valence-corrected chi connectivity index (χ2v) is 4.62. The number of aliphatic hydroxyl groups is 1. The fraction of sp³-hybridized carbons (Fsp3) is 0.909. The minimum atomic E-state index is -0.889. The molecule has 15 heavy (non-hydrogen) atoms. The average Bonchev–Trinajstić information content (AvgIpc) is 2.22. The molecule has 0 saturated heterocycles. The summed E-state index contributed by atoms with van der Waals surface area (Å²) in [4.78, 5) is 11.3. The summed E-state index contributed by atoms with van der Waals surface area (Å²) in [6.45, 7) is 4.05. The van der Waals surface area contributed by atoms with Gasteiger partial charge in [0.05, 0.1) is 6.61 Å². The smallest absolute Gasteiger partial charge is 0.325 e. The van der Waals surface area contributed by atoms with Crippen LogP contribution >= 0.6 is 0 Å². The first-order chi connectivity index (χ1) is 7.04. The molecule has 0 amide bonds. The van der Waals surface area contributed by atoms with Crippen LogP contribution < -0.4 is 5.73 Å². The van der Waals surface area contributed by atoms with Gasteiger partial charge in [-0.15, -0.1) is 0 Å². The van der Waals surface area contributed by atoms with Crippen molar-refractivity contribution in [1.82, 2.24) is 0 Å². The van der Waals surface area contributed by atoms with Gasteiger partial charge in [0.15, 0.2) is 0 Å². The predicted molar refractivity (Wildman–Crippen MR) is 57.1 cm³/mol. The van der Waals surface area contributed by atoms with Crippen LogP contribution in [0.1, 0.15) is 33.1 Å². The van der Waals surface area contributed by atoms with Gasteiger partial charge in [0.25, 0.3) is 0 Å². The van der Waals surface area contributed by atoms with Gasteiger partial charge in [-0.05, 0) is 31.1 Å². The molecule has 1 fully saturated rings. The molecule has 4 nitrogen and oxygen atoms in total. The Morgan fingerprint density at radius 1 is 1.47 bits per heavy atom. The van der Waals surface area contributed by atoms with Gasteiger partial charge in [-0.25, -0.2) is 0 Å². The normalized spacial score (nSPS) is 33.5. The van der Waals surface area contributed by atoms with E-state index in [9.17, 15) is 4.79 Å². The minimum Gasteiger partial charge on any atom is -0.461 e. The topological polar surface area (TPSA) is 72.5 Å². The van der Waals surface area contributed by atoms with Crippen LogP contribution in [0.2, 0.25) is 0 Å². The van der Waals surface area contributed by atoms with Crippen LogP contribution in [0.4, 0.5) is 0 Å². The first-order valence-electron chi connectivity index (χ1n) is 5.61. The highest BCUT2D eigenvalue weighted by molar-refractivity contribution is 5.75. The molecular weight excluding hydrogens is 194 g/mol. The number of esters is 1. The number of hydrogen-bond donors (Lipinski definition) is 2. The van der Waals surface area contributed by atoms with Crippen molar-refractivity contribution < 1.29 is 14.6 Å². The van der Waals surface area contributed by atoms with E-state index in [4.69, 9.17) is 15.6 Å². The lowest BCUT2D eigenvalue weighted by atomic mass is 9.80. The summed E-state index contributed by atoms with van der Waals surface area (Å²) in [6.07, 6.45) is 2.90. The van der Waals surface area contributed by atoms with Gasteiger partial charge in [-0.2, -0.15) is 0 Å². The molecule has 0 aliphatic heterocycles. The number of ether oxygens (including phenoxy) is 1. The van der Waals surface area contributed by atoms with E-state index in [-0.39, 0.29) is 12.7 Å². The second kappa shape index (κ2) is 5.47. The van der Waals surface area contributed by atoms with E-state index in [0.717, 1.165) is 19.3 Å². The van der Waals surface area contributed by atoms with Gasteiger partial charge >= 0.3 is 5.97 Å². The summed E-state index contributed by atoms with van der Waals surface area (Å²) in [5.74, 6) is 0.803. The van der Waals surface area contributed by atoms with Crippen molar-refractivity contribution in [2.24, 2.45) is 17.6 Å². The third-order valence-electron chi connectivity index (χ3n) is 3.33. The SMILES string of the molecule is CC1CCC(OC(=O)[C@@H](N)CO)CC1C. The van der Waals surface area contributed by atoms with Crippen LogP contribution in [-0.4, -0.2) is 29.8 Å². The van der Waals surface area contributed by atoms with Crippen molar-refractivity contribution >= 4 is 5.97 Å². The molecule has 1 saturated carbocycles. The first kappa shape index (κ1) is 12.5. The Morgan fingerprint density at radius 2 is 2.13 bits per heavy atom. The number of hydrogen-bond acceptors (Lipinski definition) is 4. The summed E-state index contributed by atoms with van der Waals surface area (Å²) in [7, 11) is 0. The largest absolute Gasteiger partial charge is 0.461 e. The molecule has 3 unspecified atom stereocenters. The van der Waals surface area contributed by atoms with Gasteiger partial charge in [-0.3, -0.25) is 4.79 Å². The molecule has 4 atom stereocenters. The predicted octanol–water partition coefficient (Wildman–Crippen LogP) is 0.674. The molecule has 0 radical (unpaired) electrons. The van der Waals surface area contributed by atoms with Crippen LogP contribution in [0.25, 0.3) is 0 Å². The quantitative estimate of drug-likeness (QED) is 0.679. The molecular formula is C11H21NO3.